The maximum absolute atomic E-state index is 13.3. The second-order valence-electron chi connectivity index (χ2n) is 9.21. The first-order chi connectivity index (χ1) is 14.7. The minimum atomic E-state index is -0.463. The Bertz CT molecular complexity index is 866. The number of amides is 2. The molecule has 4 heteroatoms. The normalized spacial score (nSPS) is 12.3. The molecule has 2 rings (SSSR count). The molecule has 0 aromatic heterocycles. The van der Waals surface area contributed by atoms with E-state index >= 15 is 0 Å². The predicted octanol–water partition coefficient (Wildman–Crippen LogP) is 5.17. The van der Waals surface area contributed by atoms with E-state index in [1.54, 1.807) is 4.90 Å². The van der Waals surface area contributed by atoms with Gasteiger partial charge in [0.15, 0.2) is 0 Å². The maximum atomic E-state index is 13.3. The molecule has 0 saturated heterocycles. The molecule has 0 unspecified atom stereocenters. The van der Waals surface area contributed by atoms with Gasteiger partial charge in [-0.3, -0.25) is 9.59 Å². The van der Waals surface area contributed by atoms with Crippen molar-refractivity contribution in [2.24, 2.45) is 0 Å². The van der Waals surface area contributed by atoms with Gasteiger partial charge in [0.05, 0.1) is 0 Å². The number of hydrogen-bond acceptors (Lipinski definition) is 2. The minimum Gasteiger partial charge on any atom is -0.355 e. The van der Waals surface area contributed by atoms with E-state index in [0.717, 1.165) is 16.7 Å². The largest absolute Gasteiger partial charge is 0.355 e. The van der Waals surface area contributed by atoms with Crippen molar-refractivity contribution in [1.29, 1.82) is 0 Å². The van der Waals surface area contributed by atoms with E-state index in [1.807, 2.05) is 45.0 Å². The molecule has 0 aliphatic heterocycles. The van der Waals surface area contributed by atoms with Crippen LogP contribution in [0.15, 0.2) is 48.5 Å². The number of nitrogens with one attached hydrogen (secondary N) is 1. The summed E-state index contributed by atoms with van der Waals surface area (Å²) in [5, 5.41) is 2.89. The maximum Gasteiger partial charge on any atom is 0.242 e. The van der Waals surface area contributed by atoms with E-state index in [4.69, 9.17) is 0 Å². The van der Waals surface area contributed by atoms with Gasteiger partial charge in [0, 0.05) is 19.5 Å². The van der Waals surface area contributed by atoms with Gasteiger partial charge in [0.2, 0.25) is 11.8 Å². The summed E-state index contributed by atoms with van der Waals surface area (Å²) in [4.78, 5) is 27.8. The zero-order valence-electron chi connectivity index (χ0n) is 20.0. The summed E-state index contributed by atoms with van der Waals surface area (Å²) in [6, 6.07) is 16.1. The molecule has 2 amide bonds. The van der Waals surface area contributed by atoms with Crippen LogP contribution >= 0.6 is 0 Å². The second kappa shape index (κ2) is 11.1. The zero-order valence-corrected chi connectivity index (χ0v) is 20.0. The van der Waals surface area contributed by atoms with E-state index in [0.29, 0.717) is 32.4 Å². The molecule has 0 spiro atoms. The first kappa shape index (κ1) is 24.6. The monoisotopic (exact) mass is 422 g/mol. The van der Waals surface area contributed by atoms with Crippen molar-refractivity contribution in [3.05, 3.63) is 70.8 Å². The highest BCUT2D eigenvalue weighted by Crippen LogP contribution is 2.23. The summed E-state index contributed by atoms with van der Waals surface area (Å²) >= 11 is 0. The highest BCUT2D eigenvalue weighted by Gasteiger charge is 2.28. The van der Waals surface area contributed by atoms with Crippen LogP contribution < -0.4 is 5.32 Å². The number of hydrogen-bond donors (Lipinski definition) is 1. The molecule has 0 aliphatic carbocycles. The van der Waals surface area contributed by atoms with Crippen molar-refractivity contribution in [2.75, 3.05) is 6.54 Å². The van der Waals surface area contributed by atoms with Crippen LogP contribution in [0.3, 0.4) is 0 Å². The van der Waals surface area contributed by atoms with Gasteiger partial charge in [0.25, 0.3) is 0 Å². The number of benzene rings is 2. The van der Waals surface area contributed by atoms with Gasteiger partial charge in [-0.25, -0.2) is 0 Å². The van der Waals surface area contributed by atoms with E-state index in [1.165, 1.54) is 5.56 Å². The summed E-state index contributed by atoms with van der Waals surface area (Å²) in [5.41, 5.74) is 4.74. The summed E-state index contributed by atoms with van der Waals surface area (Å²) in [5.74, 6) is -0.0669. The Morgan fingerprint density at radius 2 is 1.65 bits per heavy atom. The number of aryl methyl sites for hydroxylation is 2. The van der Waals surface area contributed by atoms with Crippen molar-refractivity contribution in [3.63, 3.8) is 0 Å². The first-order valence-electron chi connectivity index (χ1n) is 11.4. The molecule has 0 bridgehead atoms. The van der Waals surface area contributed by atoms with Gasteiger partial charge in [-0.15, -0.1) is 0 Å². The fourth-order valence-electron chi connectivity index (χ4n) is 3.75. The molecule has 0 heterocycles. The van der Waals surface area contributed by atoms with Crippen molar-refractivity contribution in [3.8, 4) is 0 Å². The van der Waals surface area contributed by atoms with Gasteiger partial charge in [-0.2, -0.15) is 0 Å². The van der Waals surface area contributed by atoms with Gasteiger partial charge in [0.1, 0.15) is 6.04 Å². The van der Waals surface area contributed by atoms with E-state index < -0.39 is 6.04 Å². The Kier molecular flexibility index (Phi) is 8.85. The van der Waals surface area contributed by atoms with Crippen molar-refractivity contribution >= 4 is 11.8 Å². The molecule has 0 saturated carbocycles. The number of likely N-dealkylation sites (N-methyl/N-ethyl adjacent to an activating group) is 1. The fraction of sp³-hybridized carbons (Fsp3) is 0.481. The SMILES string of the molecule is CCNC(=O)[C@@H](CC)N(Cc1ccccc1C)C(=O)CCc1ccc(C(C)(C)C)cc1. The van der Waals surface area contributed by atoms with Crippen LogP contribution in [0, 0.1) is 6.92 Å². The molecular weight excluding hydrogens is 384 g/mol. The Balaban J connectivity index is 2.18. The smallest absolute Gasteiger partial charge is 0.242 e. The van der Waals surface area contributed by atoms with Gasteiger partial charge in [-0.05, 0) is 54.4 Å². The predicted molar refractivity (Wildman–Crippen MR) is 128 cm³/mol. The lowest BCUT2D eigenvalue weighted by Crippen LogP contribution is -2.49. The van der Waals surface area contributed by atoms with Crippen LogP contribution in [-0.2, 0) is 28.0 Å². The second-order valence-corrected chi connectivity index (χ2v) is 9.21. The Morgan fingerprint density at radius 1 is 1.00 bits per heavy atom. The van der Waals surface area contributed by atoms with Crippen molar-refractivity contribution < 1.29 is 9.59 Å². The molecule has 2 aromatic rings. The Labute approximate surface area is 188 Å². The summed E-state index contributed by atoms with van der Waals surface area (Å²) in [7, 11) is 0. The highest BCUT2D eigenvalue weighted by atomic mass is 16.2. The summed E-state index contributed by atoms with van der Waals surface area (Å²) in [6.07, 6.45) is 1.64. The van der Waals surface area contributed by atoms with Crippen molar-refractivity contribution in [2.45, 2.75) is 78.8 Å². The molecule has 0 fully saturated rings. The first-order valence-corrected chi connectivity index (χ1v) is 11.4. The van der Waals surface area contributed by atoms with Crippen LogP contribution in [0.4, 0.5) is 0 Å². The summed E-state index contributed by atoms with van der Waals surface area (Å²) < 4.78 is 0. The third kappa shape index (κ3) is 6.95. The lowest BCUT2D eigenvalue weighted by Gasteiger charge is -2.31. The lowest BCUT2D eigenvalue weighted by atomic mass is 9.86. The van der Waals surface area contributed by atoms with Gasteiger partial charge in [-0.1, -0.05) is 76.2 Å². The van der Waals surface area contributed by atoms with Crippen molar-refractivity contribution in [1.82, 2.24) is 10.2 Å². The quantitative estimate of drug-likeness (QED) is 0.606. The summed E-state index contributed by atoms with van der Waals surface area (Å²) in [6.45, 7) is 13.5. The number of nitrogens with zero attached hydrogens (tertiary/aromatic N) is 1. The molecule has 31 heavy (non-hydrogen) atoms. The molecule has 168 valence electrons. The minimum absolute atomic E-state index is 0.0151. The van der Waals surface area contributed by atoms with E-state index in [-0.39, 0.29) is 17.2 Å². The third-order valence-corrected chi connectivity index (χ3v) is 5.79. The number of rotatable bonds is 9. The standard InChI is InChI=1S/C27H38N2O2/c1-7-24(26(31)28-8-2)29(19-22-12-10-9-11-20(22)3)25(30)18-15-21-13-16-23(17-14-21)27(4,5)6/h9-14,16-17,24H,7-8,15,18-19H2,1-6H3,(H,28,31)/t24-/m1/s1. The number of carbonyl (C=O) groups excluding carboxylic acids is 2. The van der Waals surface area contributed by atoms with Crippen LogP contribution in [-0.4, -0.2) is 29.3 Å². The van der Waals surface area contributed by atoms with Crippen LogP contribution in [0.2, 0.25) is 0 Å². The van der Waals surface area contributed by atoms with Gasteiger partial charge < -0.3 is 10.2 Å². The molecule has 1 N–H and O–H groups in total. The Morgan fingerprint density at radius 3 is 2.19 bits per heavy atom. The lowest BCUT2D eigenvalue weighted by molar-refractivity contribution is -0.141. The molecular formula is C27H38N2O2. The van der Waals surface area contributed by atoms with Crippen LogP contribution in [0.25, 0.3) is 0 Å². The van der Waals surface area contributed by atoms with E-state index in [9.17, 15) is 9.59 Å². The third-order valence-electron chi connectivity index (χ3n) is 5.79. The molecule has 2 aromatic carbocycles. The Hall–Kier alpha value is -2.62. The van der Waals surface area contributed by atoms with E-state index in [2.05, 4.69) is 50.4 Å². The zero-order chi connectivity index (χ0) is 23.0. The fourth-order valence-corrected chi connectivity index (χ4v) is 3.75. The molecule has 1 atom stereocenters. The molecule has 4 nitrogen and oxygen atoms in total. The molecule has 0 aliphatic rings. The van der Waals surface area contributed by atoms with Gasteiger partial charge >= 0.3 is 0 Å². The van der Waals surface area contributed by atoms with Crippen LogP contribution in [0.1, 0.15) is 69.7 Å². The number of carbonyl (C=O) groups is 2. The highest BCUT2D eigenvalue weighted by molar-refractivity contribution is 5.87. The average molecular weight is 423 g/mol. The van der Waals surface area contributed by atoms with Crippen LogP contribution in [0.5, 0.6) is 0 Å². The average Bonchev–Trinajstić information content (AvgIpc) is 2.73. The topological polar surface area (TPSA) is 49.4 Å². The molecule has 0 radical (unpaired) electrons.